The summed E-state index contributed by atoms with van der Waals surface area (Å²) in [4.78, 5) is 26.6. The first-order valence-corrected chi connectivity index (χ1v) is 8.44. The van der Waals surface area contributed by atoms with E-state index in [0.717, 1.165) is 25.7 Å². The van der Waals surface area contributed by atoms with Crippen LogP contribution in [0.15, 0.2) is 24.3 Å². The van der Waals surface area contributed by atoms with Crippen LogP contribution in [0.25, 0.3) is 0 Å². The fraction of sp³-hybridized carbons (Fsp3) is 0.556. The molecule has 2 unspecified atom stereocenters. The van der Waals surface area contributed by atoms with Crippen LogP contribution < -0.4 is 5.32 Å². The lowest BCUT2D eigenvalue weighted by Crippen LogP contribution is -2.54. The van der Waals surface area contributed by atoms with Crippen molar-refractivity contribution in [3.05, 3.63) is 35.4 Å². The van der Waals surface area contributed by atoms with Gasteiger partial charge in [-0.3, -0.25) is 14.5 Å². The Morgan fingerprint density at radius 1 is 1.13 bits per heavy atom. The third-order valence-corrected chi connectivity index (χ3v) is 5.10. The first-order chi connectivity index (χ1) is 11.1. The number of hydrogen-bond acceptors (Lipinski definition) is 4. The molecule has 2 amide bonds. The molecule has 0 radical (unpaired) electrons. The summed E-state index contributed by atoms with van der Waals surface area (Å²) in [5.41, 5.74) is 0.879. The normalized spacial score (nSPS) is 21.4. The molecule has 2 atom stereocenters. The van der Waals surface area contributed by atoms with Gasteiger partial charge in [-0.15, -0.1) is 0 Å². The molecule has 1 aliphatic carbocycles. The largest absolute Gasteiger partial charge is 0.391 e. The Morgan fingerprint density at radius 3 is 2.22 bits per heavy atom. The summed E-state index contributed by atoms with van der Waals surface area (Å²) >= 11 is 0. The lowest BCUT2D eigenvalue weighted by atomic mass is 9.82. The van der Waals surface area contributed by atoms with Gasteiger partial charge in [0, 0.05) is 6.54 Å². The van der Waals surface area contributed by atoms with Crippen LogP contribution in [-0.2, 0) is 0 Å². The maximum absolute atomic E-state index is 12.7. The van der Waals surface area contributed by atoms with Crippen LogP contribution >= 0.6 is 0 Å². The van der Waals surface area contributed by atoms with Crippen LogP contribution in [0.4, 0.5) is 0 Å². The smallest absolute Gasteiger partial charge is 0.261 e. The van der Waals surface area contributed by atoms with E-state index in [2.05, 4.69) is 5.32 Å². The van der Waals surface area contributed by atoms with E-state index in [1.165, 1.54) is 11.3 Å². The van der Waals surface area contributed by atoms with Crippen molar-refractivity contribution >= 4 is 11.8 Å². The molecule has 3 rings (SSSR count). The molecule has 23 heavy (non-hydrogen) atoms. The standard InChI is InChI=1S/C18H24N2O3/c1-19-11-15(16(21)12-7-3-2-4-8-12)20-17(22)13-9-5-6-10-14(13)18(20)23/h5-6,9-10,12,15-16,19,21H,2-4,7-8,11H2,1H3. The molecule has 1 heterocycles. The highest BCUT2D eigenvalue weighted by molar-refractivity contribution is 6.21. The Bertz CT molecular complexity index is 561. The molecular formula is C18H24N2O3. The summed E-state index contributed by atoms with van der Waals surface area (Å²) in [6.45, 7) is 0.406. The van der Waals surface area contributed by atoms with Gasteiger partial charge >= 0.3 is 0 Å². The maximum Gasteiger partial charge on any atom is 0.261 e. The second-order valence-corrected chi connectivity index (χ2v) is 6.54. The number of carbonyl (C=O) groups excluding carboxylic acids is 2. The average molecular weight is 316 g/mol. The molecule has 124 valence electrons. The molecule has 0 spiro atoms. The van der Waals surface area contributed by atoms with Crippen LogP contribution in [0.3, 0.4) is 0 Å². The molecule has 0 saturated heterocycles. The number of hydrogen-bond donors (Lipinski definition) is 2. The number of aliphatic hydroxyl groups is 1. The minimum Gasteiger partial charge on any atom is -0.391 e. The van der Waals surface area contributed by atoms with Crippen LogP contribution in [0.2, 0.25) is 0 Å². The Hall–Kier alpha value is -1.72. The van der Waals surface area contributed by atoms with Crippen LogP contribution in [0.5, 0.6) is 0 Å². The number of rotatable bonds is 5. The van der Waals surface area contributed by atoms with E-state index in [1.54, 1.807) is 31.3 Å². The van der Waals surface area contributed by atoms with Crippen molar-refractivity contribution in [2.75, 3.05) is 13.6 Å². The van der Waals surface area contributed by atoms with Gasteiger partial charge in [-0.1, -0.05) is 31.4 Å². The topological polar surface area (TPSA) is 69.6 Å². The Morgan fingerprint density at radius 2 is 1.70 bits per heavy atom. The van der Waals surface area contributed by atoms with E-state index in [4.69, 9.17) is 0 Å². The van der Waals surface area contributed by atoms with Gasteiger partial charge in [-0.2, -0.15) is 0 Å². The number of nitrogens with one attached hydrogen (secondary N) is 1. The Labute approximate surface area is 136 Å². The second-order valence-electron chi connectivity index (χ2n) is 6.54. The SMILES string of the molecule is CNCC(C(O)C1CCCCC1)N1C(=O)c2ccccc2C1=O. The van der Waals surface area contributed by atoms with E-state index in [-0.39, 0.29) is 17.7 Å². The zero-order valence-electron chi connectivity index (χ0n) is 13.5. The van der Waals surface area contributed by atoms with Gasteiger partial charge in [-0.05, 0) is 37.9 Å². The first kappa shape index (κ1) is 16.1. The van der Waals surface area contributed by atoms with Crippen molar-refractivity contribution in [1.29, 1.82) is 0 Å². The van der Waals surface area contributed by atoms with E-state index >= 15 is 0 Å². The van der Waals surface area contributed by atoms with E-state index in [9.17, 15) is 14.7 Å². The number of benzene rings is 1. The number of likely N-dealkylation sites (N-methyl/N-ethyl adjacent to an activating group) is 1. The Balaban J connectivity index is 1.87. The first-order valence-electron chi connectivity index (χ1n) is 8.44. The van der Waals surface area contributed by atoms with E-state index in [1.807, 2.05) is 0 Å². The van der Waals surface area contributed by atoms with Gasteiger partial charge in [0.15, 0.2) is 0 Å². The molecule has 1 aromatic rings. The van der Waals surface area contributed by atoms with Gasteiger partial charge in [-0.25, -0.2) is 0 Å². The van der Waals surface area contributed by atoms with Gasteiger partial charge in [0.2, 0.25) is 0 Å². The third-order valence-electron chi connectivity index (χ3n) is 5.10. The highest BCUT2D eigenvalue weighted by atomic mass is 16.3. The number of amides is 2. The lowest BCUT2D eigenvalue weighted by Gasteiger charge is -2.36. The minimum absolute atomic E-state index is 0.159. The van der Waals surface area contributed by atoms with Crippen molar-refractivity contribution in [1.82, 2.24) is 10.2 Å². The summed E-state index contributed by atoms with van der Waals surface area (Å²) in [6.07, 6.45) is 4.67. The minimum atomic E-state index is -0.676. The highest BCUT2D eigenvalue weighted by Gasteiger charge is 2.43. The fourth-order valence-corrected chi connectivity index (χ4v) is 3.87. The summed E-state index contributed by atoms with van der Waals surface area (Å²) in [5, 5.41) is 13.9. The zero-order valence-corrected chi connectivity index (χ0v) is 13.5. The summed E-state index contributed by atoms with van der Waals surface area (Å²) < 4.78 is 0. The van der Waals surface area contributed by atoms with E-state index < -0.39 is 12.1 Å². The molecule has 2 N–H and O–H groups in total. The predicted molar refractivity (Wildman–Crippen MR) is 87.2 cm³/mol. The molecule has 1 aliphatic heterocycles. The molecule has 1 fully saturated rings. The van der Waals surface area contributed by atoms with Crippen molar-refractivity contribution in [2.45, 2.75) is 44.2 Å². The zero-order chi connectivity index (χ0) is 16.4. The predicted octanol–water partition coefficient (Wildman–Crippen LogP) is 1.81. The van der Waals surface area contributed by atoms with Crippen molar-refractivity contribution in [3.8, 4) is 0 Å². The van der Waals surface area contributed by atoms with Gasteiger partial charge in [0.1, 0.15) is 0 Å². The Kier molecular flexibility index (Phi) is 4.78. The molecule has 2 aliphatic rings. The van der Waals surface area contributed by atoms with Crippen molar-refractivity contribution < 1.29 is 14.7 Å². The highest BCUT2D eigenvalue weighted by Crippen LogP contribution is 2.32. The monoisotopic (exact) mass is 316 g/mol. The number of nitrogens with zero attached hydrogens (tertiary/aromatic N) is 1. The third kappa shape index (κ3) is 2.91. The van der Waals surface area contributed by atoms with E-state index in [0.29, 0.717) is 17.7 Å². The van der Waals surface area contributed by atoms with Gasteiger partial charge in [0.05, 0.1) is 23.3 Å². The molecular weight excluding hydrogens is 292 g/mol. The second kappa shape index (κ2) is 6.81. The summed E-state index contributed by atoms with van der Waals surface area (Å²) in [6, 6.07) is 6.37. The quantitative estimate of drug-likeness (QED) is 0.813. The summed E-state index contributed by atoms with van der Waals surface area (Å²) in [5.74, 6) is -0.423. The molecule has 0 aromatic heterocycles. The van der Waals surface area contributed by atoms with Crippen molar-refractivity contribution in [2.24, 2.45) is 5.92 Å². The molecule has 0 bridgehead atoms. The molecule has 5 nitrogen and oxygen atoms in total. The molecule has 1 saturated carbocycles. The number of fused-ring (bicyclic) bond motifs is 1. The average Bonchev–Trinajstić information content (AvgIpc) is 2.85. The summed E-state index contributed by atoms with van der Waals surface area (Å²) in [7, 11) is 1.78. The molecule has 1 aromatic carbocycles. The van der Waals surface area contributed by atoms with Crippen LogP contribution in [0.1, 0.15) is 52.8 Å². The fourth-order valence-electron chi connectivity index (χ4n) is 3.87. The molecule has 5 heteroatoms. The van der Waals surface area contributed by atoms with Gasteiger partial charge in [0.25, 0.3) is 11.8 Å². The van der Waals surface area contributed by atoms with Crippen LogP contribution in [-0.4, -0.2) is 47.6 Å². The maximum atomic E-state index is 12.7. The number of aliphatic hydroxyl groups excluding tert-OH is 1. The lowest BCUT2D eigenvalue weighted by molar-refractivity contribution is 0.00630. The van der Waals surface area contributed by atoms with Crippen LogP contribution in [0, 0.1) is 5.92 Å². The number of carbonyl (C=O) groups is 2. The van der Waals surface area contributed by atoms with Gasteiger partial charge < -0.3 is 10.4 Å². The van der Waals surface area contributed by atoms with Crippen molar-refractivity contribution in [3.63, 3.8) is 0 Å². The number of imide groups is 1.